The van der Waals surface area contributed by atoms with Crippen molar-refractivity contribution in [1.29, 1.82) is 0 Å². The Balaban J connectivity index is 2.44. The number of hydrogen-bond acceptors (Lipinski definition) is 4. The first-order valence-electron chi connectivity index (χ1n) is 6.06. The van der Waals surface area contributed by atoms with Crippen LogP contribution in [0.1, 0.15) is 25.7 Å². The molecule has 5 nitrogen and oxygen atoms in total. The van der Waals surface area contributed by atoms with E-state index in [2.05, 4.69) is 5.32 Å². The maximum atomic E-state index is 12.0. The van der Waals surface area contributed by atoms with Gasteiger partial charge in [0.05, 0.1) is 11.8 Å². The van der Waals surface area contributed by atoms with Gasteiger partial charge in [-0.1, -0.05) is 12.8 Å². The third-order valence-corrected chi connectivity index (χ3v) is 3.96. The maximum Gasteiger partial charge on any atom is 0.239 e. The fourth-order valence-electron chi connectivity index (χ4n) is 1.92. The number of carbonyl (C=O) groups excluding carboxylic acids is 1. The van der Waals surface area contributed by atoms with Crippen LogP contribution in [0, 0.1) is 0 Å². The van der Waals surface area contributed by atoms with E-state index in [0.717, 1.165) is 32.2 Å². The van der Waals surface area contributed by atoms with Crippen molar-refractivity contribution in [2.24, 2.45) is 0 Å². The highest BCUT2D eigenvalue weighted by molar-refractivity contribution is 7.90. The van der Waals surface area contributed by atoms with Gasteiger partial charge in [0, 0.05) is 19.8 Å². The van der Waals surface area contributed by atoms with Crippen LogP contribution in [0.15, 0.2) is 0 Å². The Morgan fingerprint density at radius 1 is 1.35 bits per heavy atom. The molecule has 0 spiro atoms. The largest absolute Gasteiger partial charge is 0.343 e. The second-order valence-corrected chi connectivity index (χ2v) is 7.01. The van der Waals surface area contributed by atoms with E-state index in [1.165, 1.54) is 11.2 Å². The monoisotopic (exact) mass is 262 g/mol. The smallest absolute Gasteiger partial charge is 0.239 e. The van der Waals surface area contributed by atoms with Crippen molar-refractivity contribution in [3.05, 3.63) is 0 Å². The zero-order chi connectivity index (χ0) is 12.9. The molecule has 1 atom stereocenters. The molecule has 0 aromatic carbocycles. The number of rotatable bonds is 4. The van der Waals surface area contributed by atoms with Crippen molar-refractivity contribution in [2.45, 2.75) is 31.7 Å². The molecular formula is C11H22N2O3S. The summed E-state index contributed by atoms with van der Waals surface area (Å²) in [6, 6.07) is -0.137. The minimum atomic E-state index is -3.00. The van der Waals surface area contributed by atoms with Crippen molar-refractivity contribution in [3.8, 4) is 0 Å². The second-order valence-electron chi connectivity index (χ2n) is 4.75. The summed E-state index contributed by atoms with van der Waals surface area (Å²) in [6.07, 6.45) is 5.36. The highest BCUT2D eigenvalue weighted by Crippen LogP contribution is 2.10. The van der Waals surface area contributed by atoms with Gasteiger partial charge in [-0.3, -0.25) is 4.79 Å². The number of amides is 1. The number of nitrogens with zero attached hydrogens (tertiary/aromatic N) is 1. The third kappa shape index (κ3) is 5.50. The lowest BCUT2D eigenvalue weighted by molar-refractivity contribution is -0.132. The molecule has 1 rings (SSSR count). The molecule has 1 fully saturated rings. The molecule has 1 saturated heterocycles. The Morgan fingerprint density at radius 3 is 2.71 bits per heavy atom. The van der Waals surface area contributed by atoms with Gasteiger partial charge in [0.2, 0.25) is 5.91 Å². The van der Waals surface area contributed by atoms with E-state index in [1.54, 1.807) is 7.05 Å². The summed E-state index contributed by atoms with van der Waals surface area (Å²) in [7, 11) is -1.34. The highest BCUT2D eigenvalue weighted by Gasteiger charge is 2.22. The number of carbonyl (C=O) groups is 1. The van der Waals surface area contributed by atoms with Crippen LogP contribution < -0.4 is 5.32 Å². The first-order valence-corrected chi connectivity index (χ1v) is 8.12. The van der Waals surface area contributed by atoms with Crippen LogP contribution in [0.25, 0.3) is 0 Å². The molecule has 1 heterocycles. The fourth-order valence-corrected chi connectivity index (χ4v) is 2.52. The van der Waals surface area contributed by atoms with Crippen molar-refractivity contribution >= 4 is 15.7 Å². The number of nitrogens with one attached hydrogen (secondary N) is 1. The first-order chi connectivity index (χ1) is 7.90. The second kappa shape index (κ2) is 6.35. The molecular weight excluding hydrogens is 240 g/mol. The van der Waals surface area contributed by atoms with Crippen LogP contribution in [0.3, 0.4) is 0 Å². The topological polar surface area (TPSA) is 66.5 Å². The Morgan fingerprint density at radius 2 is 2.06 bits per heavy atom. The van der Waals surface area contributed by atoms with Gasteiger partial charge in [0.25, 0.3) is 0 Å². The summed E-state index contributed by atoms with van der Waals surface area (Å²) in [5, 5.41) is 3.22. The fraction of sp³-hybridized carbons (Fsp3) is 0.909. The standard InChI is InChI=1S/C11H22N2O3S/c1-13(8-9-17(2,15)16)11(14)10-6-4-3-5-7-12-10/h10,12H,3-9H2,1-2H3. The lowest BCUT2D eigenvalue weighted by Gasteiger charge is -2.23. The molecule has 0 bridgehead atoms. The van der Waals surface area contributed by atoms with Crippen molar-refractivity contribution in [2.75, 3.05) is 32.1 Å². The van der Waals surface area contributed by atoms with Crippen LogP contribution in [-0.4, -0.2) is 57.4 Å². The predicted molar refractivity (Wildman–Crippen MR) is 67.6 cm³/mol. The molecule has 1 N–H and O–H groups in total. The van der Waals surface area contributed by atoms with Gasteiger partial charge in [-0.05, 0) is 19.4 Å². The quantitative estimate of drug-likeness (QED) is 0.776. The maximum absolute atomic E-state index is 12.0. The summed E-state index contributed by atoms with van der Waals surface area (Å²) in [5.74, 6) is 0.0395. The zero-order valence-electron chi connectivity index (χ0n) is 10.6. The van der Waals surface area contributed by atoms with E-state index in [1.807, 2.05) is 0 Å². The van der Waals surface area contributed by atoms with Crippen LogP contribution in [0.5, 0.6) is 0 Å². The highest BCUT2D eigenvalue weighted by atomic mass is 32.2. The Labute approximate surface area is 103 Å². The summed E-state index contributed by atoms with van der Waals surface area (Å²) in [4.78, 5) is 13.6. The molecule has 1 aliphatic rings. The van der Waals surface area contributed by atoms with Crippen molar-refractivity contribution in [1.82, 2.24) is 10.2 Å². The average Bonchev–Trinajstić information content (AvgIpc) is 2.52. The van der Waals surface area contributed by atoms with E-state index in [-0.39, 0.29) is 24.2 Å². The molecule has 0 aromatic rings. The summed E-state index contributed by atoms with van der Waals surface area (Å²) in [5.41, 5.74) is 0. The summed E-state index contributed by atoms with van der Waals surface area (Å²) >= 11 is 0. The normalized spacial score (nSPS) is 21.9. The summed E-state index contributed by atoms with van der Waals surface area (Å²) < 4.78 is 22.1. The molecule has 0 aromatic heterocycles. The van der Waals surface area contributed by atoms with Crippen molar-refractivity contribution in [3.63, 3.8) is 0 Å². The minimum Gasteiger partial charge on any atom is -0.343 e. The Hall–Kier alpha value is -0.620. The predicted octanol–water partition coefficient (Wildman–Crippen LogP) is 0.0216. The summed E-state index contributed by atoms with van der Waals surface area (Å²) in [6.45, 7) is 1.15. The van der Waals surface area contributed by atoms with Crippen LogP contribution in [0.4, 0.5) is 0 Å². The molecule has 0 saturated carbocycles. The molecule has 1 amide bonds. The van der Waals surface area contributed by atoms with Gasteiger partial charge in [0.1, 0.15) is 9.84 Å². The van der Waals surface area contributed by atoms with E-state index in [0.29, 0.717) is 0 Å². The SMILES string of the molecule is CN(CCS(C)(=O)=O)C(=O)C1CCCCCN1. The molecule has 0 radical (unpaired) electrons. The van der Waals surface area contributed by atoms with Gasteiger partial charge >= 0.3 is 0 Å². The lowest BCUT2D eigenvalue weighted by atomic mass is 10.1. The third-order valence-electron chi connectivity index (χ3n) is 3.03. The molecule has 1 aliphatic heterocycles. The van der Waals surface area contributed by atoms with E-state index in [4.69, 9.17) is 0 Å². The molecule has 100 valence electrons. The minimum absolute atomic E-state index is 0.00977. The van der Waals surface area contributed by atoms with Gasteiger partial charge in [-0.15, -0.1) is 0 Å². The van der Waals surface area contributed by atoms with Crippen LogP contribution in [-0.2, 0) is 14.6 Å². The number of likely N-dealkylation sites (N-methyl/N-ethyl adjacent to an activating group) is 1. The molecule has 0 aliphatic carbocycles. The van der Waals surface area contributed by atoms with Crippen LogP contribution >= 0.6 is 0 Å². The number of hydrogen-bond donors (Lipinski definition) is 1. The van der Waals surface area contributed by atoms with Crippen molar-refractivity contribution < 1.29 is 13.2 Å². The Kier molecular flexibility index (Phi) is 5.39. The first kappa shape index (κ1) is 14.4. The van der Waals surface area contributed by atoms with Gasteiger partial charge in [0.15, 0.2) is 0 Å². The molecule has 6 heteroatoms. The van der Waals surface area contributed by atoms with Crippen LogP contribution in [0.2, 0.25) is 0 Å². The van der Waals surface area contributed by atoms with E-state index < -0.39 is 9.84 Å². The lowest BCUT2D eigenvalue weighted by Crippen LogP contribution is -2.45. The zero-order valence-corrected chi connectivity index (χ0v) is 11.4. The Bertz CT molecular complexity index is 346. The van der Waals surface area contributed by atoms with E-state index >= 15 is 0 Å². The molecule has 1 unspecified atom stereocenters. The molecule has 17 heavy (non-hydrogen) atoms. The van der Waals surface area contributed by atoms with Gasteiger partial charge in [-0.2, -0.15) is 0 Å². The number of sulfone groups is 1. The van der Waals surface area contributed by atoms with Gasteiger partial charge in [-0.25, -0.2) is 8.42 Å². The van der Waals surface area contributed by atoms with E-state index in [9.17, 15) is 13.2 Å². The van der Waals surface area contributed by atoms with Gasteiger partial charge < -0.3 is 10.2 Å². The average molecular weight is 262 g/mol.